The van der Waals surface area contributed by atoms with Gasteiger partial charge in [0.2, 0.25) is 0 Å². The molecular weight excluding hydrogens is 347 g/mol. The Morgan fingerprint density at radius 2 is 1.69 bits per heavy atom. The van der Waals surface area contributed by atoms with Crippen LogP contribution in [0.5, 0.6) is 0 Å². The minimum absolute atomic E-state index is 0.0231. The molecule has 2 rings (SSSR count). The van der Waals surface area contributed by atoms with Crippen molar-refractivity contribution in [3.05, 3.63) is 40.4 Å². The standard InChI is InChI=1S/C20H27BO4S/c1-13-8-9-16(14(2)22)10-17(13)11-18(12-26-15(3)23)21-24-19(4,5)20(6,7)25-21/h8-11H,12H2,1-7H3. The number of ketones is 1. The van der Waals surface area contributed by atoms with Crippen molar-refractivity contribution in [3.63, 3.8) is 0 Å². The molecule has 1 heterocycles. The second-order valence-electron chi connectivity index (χ2n) is 7.72. The predicted octanol–water partition coefficient (Wildman–Crippen LogP) is 4.49. The summed E-state index contributed by atoms with van der Waals surface area (Å²) < 4.78 is 12.3. The Labute approximate surface area is 160 Å². The van der Waals surface area contributed by atoms with Crippen LogP contribution < -0.4 is 0 Å². The molecule has 1 aliphatic rings. The third-order valence-electron chi connectivity index (χ3n) is 5.02. The average molecular weight is 374 g/mol. The molecule has 0 aromatic heterocycles. The fraction of sp³-hybridized carbons (Fsp3) is 0.500. The molecule has 0 saturated carbocycles. The van der Waals surface area contributed by atoms with E-state index in [-0.39, 0.29) is 10.9 Å². The van der Waals surface area contributed by atoms with Gasteiger partial charge in [0.1, 0.15) is 0 Å². The first-order chi connectivity index (χ1) is 11.9. The topological polar surface area (TPSA) is 52.6 Å². The molecule has 26 heavy (non-hydrogen) atoms. The highest BCUT2D eigenvalue weighted by atomic mass is 32.2. The van der Waals surface area contributed by atoms with Crippen molar-refractivity contribution in [1.29, 1.82) is 0 Å². The molecule has 0 radical (unpaired) electrons. The van der Waals surface area contributed by atoms with E-state index in [1.54, 1.807) is 13.8 Å². The van der Waals surface area contributed by atoms with Gasteiger partial charge in [-0.25, -0.2) is 0 Å². The normalized spacial score (nSPS) is 18.9. The first-order valence-corrected chi connectivity index (χ1v) is 9.72. The predicted molar refractivity (Wildman–Crippen MR) is 108 cm³/mol. The number of thioether (sulfide) groups is 1. The summed E-state index contributed by atoms with van der Waals surface area (Å²) in [5, 5.41) is 0.0432. The van der Waals surface area contributed by atoms with Crippen molar-refractivity contribution in [2.24, 2.45) is 0 Å². The van der Waals surface area contributed by atoms with Crippen LogP contribution >= 0.6 is 11.8 Å². The van der Waals surface area contributed by atoms with E-state index in [0.717, 1.165) is 16.6 Å². The number of rotatable bonds is 5. The summed E-state index contributed by atoms with van der Waals surface area (Å²) in [6, 6.07) is 5.64. The summed E-state index contributed by atoms with van der Waals surface area (Å²) in [4.78, 5) is 23.2. The molecular formula is C20H27BO4S. The van der Waals surface area contributed by atoms with Gasteiger partial charge in [-0.05, 0) is 64.2 Å². The van der Waals surface area contributed by atoms with E-state index in [4.69, 9.17) is 9.31 Å². The molecule has 0 N–H and O–H groups in total. The van der Waals surface area contributed by atoms with E-state index in [9.17, 15) is 9.59 Å². The summed E-state index contributed by atoms with van der Waals surface area (Å²) in [6.07, 6.45) is 1.99. The summed E-state index contributed by atoms with van der Waals surface area (Å²) in [5.74, 6) is 0.505. The summed E-state index contributed by atoms with van der Waals surface area (Å²) in [6.45, 7) is 13.1. The van der Waals surface area contributed by atoms with Crippen LogP contribution in [0.2, 0.25) is 0 Å². The van der Waals surface area contributed by atoms with Gasteiger partial charge in [-0.15, -0.1) is 0 Å². The average Bonchev–Trinajstić information content (AvgIpc) is 2.72. The molecule has 0 amide bonds. The van der Waals surface area contributed by atoms with Crippen LogP contribution in [0.15, 0.2) is 23.7 Å². The minimum Gasteiger partial charge on any atom is -0.400 e. The fourth-order valence-corrected chi connectivity index (χ4v) is 3.16. The molecule has 1 saturated heterocycles. The molecule has 1 aliphatic heterocycles. The number of hydrogen-bond donors (Lipinski definition) is 0. The molecule has 4 nitrogen and oxygen atoms in total. The van der Waals surface area contributed by atoms with Crippen molar-refractivity contribution in [2.45, 2.75) is 59.7 Å². The largest absolute Gasteiger partial charge is 0.491 e. The van der Waals surface area contributed by atoms with Crippen LogP contribution in [0.1, 0.15) is 63.0 Å². The van der Waals surface area contributed by atoms with E-state index in [1.165, 1.54) is 11.8 Å². The first kappa shape index (κ1) is 20.9. The van der Waals surface area contributed by atoms with Crippen LogP contribution in [-0.4, -0.2) is 35.0 Å². The lowest BCUT2D eigenvalue weighted by Gasteiger charge is -2.32. The zero-order valence-electron chi connectivity index (χ0n) is 16.6. The Balaban J connectivity index is 2.42. The van der Waals surface area contributed by atoms with E-state index in [2.05, 4.69) is 0 Å². The lowest BCUT2D eigenvalue weighted by molar-refractivity contribution is -0.109. The highest BCUT2D eigenvalue weighted by Crippen LogP contribution is 2.39. The molecule has 0 spiro atoms. The summed E-state index contributed by atoms with van der Waals surface area (Å²) in [7, 11) is -0.521. The second-order valence-corrected chi connectivity index (χ2v) is 8.87. The first-order valence-electron chi connectivity index (χ1n) is 8.74. The highest BCUT2D eigenvalue weighted by Gasteiger charge is 2.52. The third-order valence-corrected chi connectivity index (χ3v) is 5.91. The maximum Gasteiger partial charge on any atom is 0.491 e. The van der Waals surface area contributed by atoms with Crippen LogP contribution in [0.25, 0.3) is 6.08 Å². The van der Waals surface area contributed by atoms with Crippen molar-refractivity contribution in [1.82, 2.24) is 0 Å². The van der Waals surface area contributed by atoms with Crippen molar-refractivity contribution >= 4 is 35.9 Å². The number of benzene rings is 1. The van der Waals surface area contributed by atoms with Crippen molar-refractivity contribution < 1.29 is 18.9 Å². The lowest BCUT2D eigenvalue weighted by atomic mass is 9.78. The number of aryl methyl sites for hydroxylation is 1. The molecule has 0 atom stereocenters. The van der Waals surface area contributed by atoms with Gasteiger partial charge in [-0.2, -0.15) is 0 Å². The van der Waals surface area contributed by atoms with Gasteiger partial charge in [-0.3, -0.25) is 9.59 Å². The third kappa shape index (κ3) is 4.67. The Hall–Kier alpha value is -1.37. The van der Waals surface area contributed by atoms with Gasteiger partial charge in [-0.1, -0.05) is 30.0 Å². The van der Waals surface area contributed by atoms with Gasteiger partial charge in [0, 0.05) is 18.2 Å². The second kappa shape index (κ2) is 7.71. The van der Waals surface area contributed by atoms with E-state index >= 15 is 0 Å². The molecule has 1 aromatic rings. The fourth-order valence-electron chi connectivity index (χ4n) is 2.57. The highest BCUT2D eigenvalue weighted by molar-refractivity contribution is 8.13. The van der Waals surface area contributed by atoms with Gasteiger partial charge < -0.3 is 9.31 Å². The zero-order chi connectivity index (χ0) is 19.7. The molecule has 6 heteroatoms. The van der Waals surface area contributed by atoms with Crippen molar-refractivity contribution in [3.8, 4) is 0 Å². The maximum absolute atomic E-state index is 11.7. The monoisotopic (exact) mass is 374 g/mol. The number of Topliss-reactive ketones (excluding diaryl/α,β-unsaturated/α-hetero) is 1. The van der Waals surface area contributed by atoms with Crippen LogP contribution in [-0.2, 0) is 14.1 Å². The number of carbonyl (C=O) groups is 2. The number of carbonyl (C=O) groups excluding carboxylic acids is 2. The van der Waals surface area contributed by atoms with Gasteiger partial charge in [0.25, 0.3) is 0 Å². The summed E-state index contributed by atoms with van der Waals surface area (Å²) >= 11 is 1.23. The quantitative estimate of drug-likeness (QED) is 0.561. The van der Waals surface area contributed by atoms with Crippen LogP contribution in [0.3, 0.4) is 0 Å². The smallest absolute Gasteiger partial charge is 0.400 e. The van der Waals surface area contributed by atoms with E-state index in [0.29, 0.717) is 11.3 Å². The molecule has 140 valence electrons. The molecule has 1 aromatic carbocycles. The minimum atomic E-state index is -0.521. The Kier molecular flexibility index (Phi) is 6.21. The number of hydrogen-bond acceptors (Lipinski definition) is 5. The molecule has 0 bridgehead atoms. The lowest BCUT2D eigenvalue weighted by Crippen LogP contribution is -2.41. The van der Waals surface area contributed by atoms with Crippen molar-refractivity contribution in [2.75, 3.05) is 5.75 Å². The van der Waals surface area contributed by atoms with E-state index < -0.39 is 18.3 Å². The van der Waals surface area contributed by atoms with Crippen LogP contribution in [0.4, 0.5) is 0 Å². The van der Waals surface area contributed by atoms with Gasteiger partial charge in [0.05, 0.1) is 11.2 Å². The zero-order valence-corrected chi connectivity index (χ0v) is 17.5. The van der Waals surface area contributed by atoms with Gasteiger partial charge in [0.15, 0.2) is 10.9 Å². The Morgan fingerprint density at radius 3 is 2.19 bits per heavy atom. The SMILES string of the molecule is CC(=O)SCC(=Cc1cc(C(C)=O)ccc1C)B1OC(C)(C)C(C)(C)O1. The summed E-state index contributed by atoms with van der Waals surface area (Å²) in [5.41, 5.74) is 2.63. The molecule has 1 fully saturated rings. The maximum atomic E-state index is 11.7. The van der Waals surface area contributed by atoms with Crippen LogP contribution in [0, 0.1) is 6.92 Å². The van der Waals surface area contributed by atoms with Gasteiger partial charge >= 0.3 is 7.12 Å². The van der Waals surface area contributed by atoms with E-state index in [1.807, 2.05) is 58.9 Å². The Bertz CT molecular complexity index is 736. The molecule has 0 aliphatic carbocycles. The molecule has 0 unspecified atom stereocenters. The Morgan fingerprint density at radius 1 is 1.12 bits per heavy atom.